The van der Waals surface area contributed by atoms with Gasteiger partial charge in [-0.05, 0) is 37.2 Å². The number of hydrogen-bond acceptors (Lipinski definition) is 6. The van der Waals surface area contributed by atoms with Gasteiger partial charge in [-0.1, -0.05) is 12.1 Å². The molecule has 2 aromatic heterocycles. The van der Waals surface area contributed by atoms with Gasteiger partial charge in [0.1, 0.15) is 0 Å². The van der Waals surface area contributed by atoms with Crippen LogP contribution in [-0.2, 0) is 12.3 Å². The molecular weight excluding hydrogens is 386 g/mol. The maximum atomic E-state index is 12.7. The van der Waals surface area contributed by atoms with Gasteiger partial charge in [0.05, 0.1) is 23.3 Å². The first kappa shape index (κ1) is 17.4. The standard InChI is InChI=1S/C17H17N5OS3/c23-16(18-7-15-20-21-17(24)22(15)12-5-6-12)13-3-1-2-4-14(13)26-9-11-8-25-10-19-11/h1-4,8,10,12H,5-7,9H2,(H,18,23)(H,21,24). The number of aromatic amines is 1. The third kappa shape index (κ3) is 3.89. The van der Waals surface area contributed by atoms with Gasteiger partial charge in [0, 0.05) is 22.1 Å². The fourth-order valence-corrected chi connectivity index (χ4v) is 4.58. The van der Waals surface area contributed by atoms with Crippen LogP contribution in [0.25, 0.3) is 0 Å². The molecule has 0 unspecified atom stereocenters. The molecule has 134 valence electrons. The lowest BCUT2D eigenvalue weighted by Crippen LogP contribution is -2.25. The predicted molar refractivity (Wildman–Crippen MR) is 105 cm³/mol. The normalized spacial score (nSPS) is 13.7. The van der Waals surface area contributed by atoms with Crippen molar-refractivity contribution in [1.29, 1.82) is 0 Å². The molecule has 0 radical (unpaired) electrons. The largest absolute Gasteiger partial charge is 0.345 e. The van der Waals surface area contributed by atoms with Crippen molar-refractivity contribution < 1.29 is 4.79 Å². The van der Waals surface area contributed by atoms with Gasteiger partial charge in [0.2, 0.25) is 0 Å². The molecule has 1 fully saturated rings. The maximum Gasteiger partial charge on any atom is 0.252 e. The summed E-state index contributed by atoms with van der Waals surface area (Å²) in [7, 11) is 0. The third-order valence-corrected chi connectivity index (χ3v) is 6.12. The summed E-state index contributed by atoms with van der Waals surface area (Å²) in [6.45, 7) is 0.355. The van der Waals surface area contributed by atoms with E-state index < -0.39 is 0 Å². The Morgan fingerprint density at radius 3 is 3.04 bits per heavy atom. The number of H-pyrrole nitrogens is 1. The van der Waals surface area contributed by atoms with Gasteiger partial charge in [0.25, 0.3) is 5.91 Å². The fourth-order valence-electron chi connectivity index (χ4n) is 2.67. The summed E-state index contributed by atoms with van der Waals surface area (Å²) in [5, 5.41) is 12.1. The van der Waals surface area contributed by atoms with Crippen molar-refractivity contribution in [3.8, 4) is 0 Å². The van der Waals surface area contributed by atoms with Crippen LogP contribution in [0.15, 0.2) is 40.1 Å². The van der Waals surface area contributed by atoms with Crippen molar-refractivity contribution in [2.24, 2.45) is 0 Å². The molecule has 1 aliphatic carbocycles. The molecule has 3 aromatic rings. The Hall–Kier alpha value is -1.97. The molecule has 1 aromatic carbocycles. The average molecular weight is 404 g/mol. The molecule has 6 nitrogen and oxygen atoms in total. The van der Waals surface area contributed by atoms with Gasteiger partial charge in [-0.2, -0.15) is 5.10 Å². The van der Waals surface area contributed by atoms with E-state index in [1.54, 1.807) is 23.1 Å². The summed E-state index contributed by atoms with van der Waals surface area (Å²) < 4.78 is 2.63. The minimum atomic E-state index is -0.109. The molecule has 26 heavy (non-hydrogen) atoms. The van der Waals surface area contributed by atoms with Crippen LogP contribution in [0.2, 0.25) is 0 Å². The lowest BCUT2D eigenvalue weighted by atomic mass is 10.2. The van der Waals surface area contributed by atoms with Gasteiger partial charge in [0.15, 0.2) is 10.6 Å². The highest BCUT2D eigenvalue weighted by Gasteiger charge is 2.27. The van der Waals surface area contributed by atoms with Crippen LogP contribution in [0.5, 0.6) is 0 Å². The summed E-state index contributed by atoms with van der Waals surface area (Å²) in [4.78, 5) is 17.9. The van der Waals surface area contributed by atoms with Crippen LogP contribution in [0, 0.1) is 4.77 Å². The number of rotatable bonds is 7. The van der Waals surface area contributed by atoms with Crippen LogP contribution >= 0.6 is 35.3 Å². The van der Waals surface area contributed by atoms with Crippen LogP contribution in [0.4, 0.5) is 0 Å². The summed E-state index contributed by atoms with van der Waals surface area (Å²) in [5.41, 5.74) is 3.51. The van der Waals surface area contributed by atoms with Gasteiger partial charge in [-0.25, -0.2) is 4.98 Å². The minimum Gasteiger partial charge on any atom is -0.345 e. The third-order valence-electron chi connectivity index (χ3n) is 4.09. The molecule has 2 N–H and O–H groups in total. The van der Waals surface area contributed by atoms with Gasteiger partial charge >= 0.3 is 0 Å². The zero-order chi connectivity index (χ0) is 17.9. The average Bonchev–Trinajstić information content (AvgIpc) is 3.21. The second-order valence-electron chi connectivity index (χ2n) is 5.99. The minimum absolute atomic E-state index is 0.109. The quantitative estimate of drug-likeness (QED) is 0.461. The van der Waals surface area contributed by atoms with E-state index in [0.29, 0.717) is 22.9 Å². The zero-order valence-corrected chi connectivity index (χ0v) is 16.3. The Balaban J connectivity index is 1.44. The van der Waals surface area contributed by atoms with Gasteiger partial charge in [-0.3, -0.25) is 14.5 Å². The smallest absolute Gasteiger partial charge is 0.252 e. The van der Waals surface area contributed by atoms with Crippen LogP contribution in [0.1, 0.15) is 40.8 Å². The predicted octanol–water partition coefficient (Wildman–Crippen LogP) is 3.95. The Kier molecular flexibility index (Phi) is 5.18. The molecule has 2 heterocycles. The Bertz CT molecular complexity index is 959. The lowest BCUT2D eigenvalue weighted by molar-refractivity contribution is 0.0946. The van der Waals surface area contributed by atoms with E-state index in [2.05, 4.69) is 20.5 Å². The molecule has 1 saturated carbocycles. The second-order valence-corrected chi connectivity index (χ2v) is 8.12. The molecule has 1 amide bonds. The molecule has 0 spiro atoms. The van der Waals surface area contributed by atoms with Crippen LogP contribution in [-0.4, -0.2) is 25.7 Å². The molecule has 0 saturated heterocycles. The second kappa shape index (κ2) is 7.73. The maximum absolute atomic E-state index is 12.7. The van der Waals surface area contributed by atoms with Crippen LogP contribution in [0.3, 0.4) is 0 Å². The SMILES string of the molecule is O=C(NCc1n[nH]c(=S)n1C1CC1)c1ccccc1SCc1cscn1. The van der Waals surface area contributed by atoms with Crippen molar-refractivity contribution in [2.75, 3.05) is 0 Å². The highest BCUT2D eigenvalue weighted by molar-refractivity contribution is 7.98. The van der Waals surface area contributed by atoms with E-state index in [0.717, 1.165) is 35.0 Å². The number of thioether (sulfide) groups is 1. The van der Waals surface area contributed by atoms with Gasteiger partial charge in [-0.15, -0.1) is 23.1 Å². The summed E-state index contributed by atoms with van der Waals surface area (Å²) in [6, 6.07) is 8.05. The number of nitrogens with one attached hydrogen (secondary N) is 2. The van der Waals surface area contributed by atoms with Crippen molar-refractivity contribution in [2.45, 2.75) is 36.1 Å². The van der Waals surface area contributed by atoms with Crippen molar-refractivity contribution in [1.82, 2.24) is 25.1 Å². The Labute approximate surface area is 164 Å². The fraction of sp³-hybridized carbons (Fsp3) is 0.294. The van der Waals surface area contributed by atoms with E-state index in [1.165, 1.54) is 0 Å². The topological polar surface area (TPSA) is 75.6 Å². The first-order valence-corrected chi connectivity index (χ1v) is 10.6. The van der Waals surface area contributed by atoms with Crippen molar-refractivity contribution >= 4 is 41.2 Å². The summed E-state index contributed by atoms with van der Waals surface area (Å²) >= 11 is 8.47. The number of hydrogen-bond donors (Lipinski definition) is 2. The number of amides is 1. The first-order valence-electron chi connectivity index (χ1n) is 8.25. The number of benzene rings is 1. The van der Waals surface area contributed by atoms with Crippen molar-refractivity contribution in [3.63, 3.8) is 0 Å². The molecule has 4 rings (SSSR count). The van der Waals surface area contributed by atoms with E-state index in [4.69, 9.17) is 12.2 Å². The summed E-state index contributed by atoms with van der Waals surface area (Å²) in [6.07, 6.45) is 2.23. The highest BCUT2D eigenvalue weighted by Crippen LogP contribution is 2.35. The first-order chi connectivity index (χ1) is 12.7. The summed E-state index contributed by atoms with van der Waals surface area (Å²) in [5.74, 6) is 1.41. The molecule has 0 atom stereocenters. The number of carbonyl (C=O) groups excluding carboxylic acids is 1. The van der Waals surface area contributed by atoms with E-state index in [1.807, 2.05) is 39.7 Å². The molecule has 0 bridgehead atoms. The van der Waals surface area contributed by atoms with Crippen molar-refractivity contribution in [3.05, 3.63) is 57.0 Å². The van der Waals surface area contributed by atoms with E-state index in [-0.39, 0.29) is 5.91 Å². The Morgan fingerprint density at radius 2 is 2.27 bits per heavy atom. The molecule has 0 aliphatic heterocycles. The van der Waals surface area contributed by atoms with E-state index >= 15 is 0 Å². The number of thiazole rings is 1. The Morgan fingerprint density at radius 1 is 1.42 bits per heavy atom. The number of nitrogens with zero attached hydrogens (tertiary/aromatic N) is 3. The zero-order valence-electron chi connectivity index (χ0n) is 13.8. The van der Waals surface area contributed by atoms with E-state index in [9.17, 15) is 4.79 Å². The number of aromatic nitrogens is 4. The monoisotopic (exact) mass is 403 g/mol. The van der Waals surface area contributed by atoms with Gasteiger partial charge < -0.3 is 5.32 Å². The molecule has 1 aliphatic rings. The van der Waals surface area contributed by atoms with Crippen LogP contribution < -0.4 is 5.32 Å². The molecular formula is C17H17N5OS3. The molecule has 9 heteroatoms. The highest BCUT2D eigenvalue weighted by atomic mass is 32.2. The number of carbonyl (C=O) groups is 1. The lowest BCUT2D eigenvalue weighted by Gasteiger charge is -2.10.